The van der Waals surface area contributed by atoms with Crippen molar-refractivity contribution in [3.05, 3.63) is 63.9 Å². The molecule has 3 rings (SSSR count). The summed E-state index contributed by atoms with van der Waals surface area (Å²) in [6, 6.07) is 11.9. The zero-order valence-corrected chi connectivity index (χ0v) is 12.3. The van der Waals surface area contributed by atoms with Crippen molar-refractivity contribution in [1.82, 2.24) is 0 Å². The quantitative estimate of drug-likeness (QED) is 0.790. The van der Waals surface area contributed by atoms with E-state index in [2.05, 4.69) is 43.4 Å². The van der Waals surface area contributed by atoms with Crippen molar-refractivity contribution in [2.75, 3.05) is 5.32 Å². The molecule has 0 saturated heterocycles. The van der Waals surface area contributed by atoms with Gasteiger partial charge in [0, 0.05) is 5.02 Å². The molecule has 1 heterocycles. The van der Waals surface area contributed by atoms with Crippen molar-refractivity contribution in [2.24, 2.45) is 0 Å². The van der Waals surface area contributed by atoms with Gasteiger partial charge in [-0.15, -0.1) is 0 Å². The molecule has 3 heteroatoms. The molecule has 1 aliphatic heterocycles. The third-order valence-electron chi connectivity index (χ3n) is 3.88. The third kappa shape index (κ3) is 2.40. The van der Waals surface area contributed by atoms with Gasteiger partial charge in [-0.1, -0.05) is 49.7 Å². The monoisotopic (exact) mass is 289 g/mol. The fourth-order valence-electron chi connectivity index (χ4n) is 2.71. The van der Waals surface area contributed by atoms with E-state index in [-0.39, 0.29) is 11.9 Å². The SMILES string of the molecule is CC(C)c1ccc(C2Cc3cc(Cl)cc(F)c3N2)cc1. The summed E-state index contributed by atoms with van der Waals surface area (Å²) in [4.78, 5) is 0. The van der Waals surface area contributed by atoms with Crippen molar-refractivity contribution in [3.63, 3.8) is 0 Å². The normalized spacial score (nSPS) is 17.1. The Balaban J connectivity index is 1.86. The Hall–Kier alpha value is -1.54. The molecular weight excluding hydrogens is 273 g/mol. The van der Waals surface area contributed by atoms with Gasteiger partial charge >= 0.3 is 0 Å². The minimum Gasteiger partial charge on any atom is -0.375 e. The molecule has 2 aromatic rings. The fourth-order valence-corrected chi connectivity index (χ4v) is 2.94. The van der Waals surface area contributed by atoms with Gasteiger partial charge in [0.15, 0.2) is 0 Å². The first-order valence-electron chi connectivity index (χ1n) is 6.89. The van der Waals surface area contributed by atoms with Crippen LogP contribution in [0.3, 0.4) is 0 Å². The summed E-state index contributed by atoms with van der Waals surface area (Å²) < 4.78 is 13.9. The lowest BCUT2D eigenvalue weighted by Crippen LogP contribution is -2.06. The van der Waals surface area contributed by atoms with Gasteiger partial charge in [0.05, 0.1) is 11.7 Å². The van der Waals surface area contributed by atoms with Crippen LogP contribution in [0.25, 0.3) is 0 Å². The predicted molar refractivity (Wildman–Crippen MR) is 82.0 cm³/mol. The van der Waals surface area contributed by atoms with E-state index in [0.717, 1.165) is 12.0 Å². The van der Waals surface area contributed by atoms with Gasteiger partial charge in [-0.3, -0.25) is 0 Å². The molecule has 20 heavy (non-hydrogen) atoms. The van der Waals surface area contributed by atoms with Crippen molar-refractivity contribution < 1.29 is 4.39 Å². The molecule has 0 saturated carbocycles. The van der Waals surface area contributed by atoms with Crippen LogP contribution in [0, 0.1) is 5.82 Å². The molecule has 0 aliphatic carbocycles. The number of rotatable bonds is 2. The number of hydrogen-bond donors (Lipinski definition) is 1. The summed E-state index contributed by atoms with van der Waals surface area (Å²) in [5, 5.41) is 3.72. The Morgan fingerprint density at radius 1 is 1.20 bits per heavy atom. The number of fused-ring (bicyclic) bond motifs is 1. The maximum absolute atomic E-state index is 13.9. The van der Waals surface area contributed by atoms with E-state index in [0.29, 0.717) is 16.6 Å². The zero-order chi connectivity index (χ0) is 14.3. The first kappa shape index (κ1) is 13.4. The maximum atomic E-state index is 13.9. The second kappa shape index (κ2) is 5.10. The lowest BCUT2D eigenvalue weighted by Gasteiger charge is -2.13. The summed E-state index contributed by atoms with van der Waals surface area (Å²) in [6.45, 7) is 4.35. The van der Waals surface area contributed by atoms with Crippen LogP contribution in [0.15, 0.2) is 36.4 Å². The molecule has 0 amide bonds. The van der Waals surface area contributed by atoms with Crippen molar-refractivity contribution in [2.45, 2.75) is 32.2 Å². The molecule has 1 nitrogen and oxygen atoms in total. The Kier molecular flexibility index (Phi) is 3.43. The van der Waals surface area contributed by atoms with E-state index < -0.39 is 0 Å². The lowest BCUT2D eigenvalue weighted by molar-refractivity contribution is 0.631. The minimum absolute atomic E-state index is 0.124. The zero-order valence-electron chi connectivity index (χ0n) is 11.6. The fraction of sp³-hybridized carbons (Fsp3) is 0.294. The average Bonchev–Trinajstić information content (AvgIpc) is 2.83. The number of benzene rings is 2. The average molecular weight is 290 g/mol. The van der Waals surface area contributed by atoms with Gasteiger partial charge in [-0.05, 0) is 41.2 Å². The van der Waals surface area contributed by atoms with Crippen LogP contribution >= 0.6 is 11.6 Å². The molecule has 0 radical (unpaired) electrons. The van der Waals surface area contributed by atoms with Gasteiger partial charge in [0.1, 0.15) is 5.82 Å². The highest BCUT2D eigenvalue weighted by atomic mass is 35.5. The Morgan fingerprint density at radius 2 is 1.90 bits per heavy atom. The largest absolute Gasteiger partial charge is 0.375 e. The topological polar surface area (TPSA) is 12.0 Å². The number of halogens is 2. The minimum atomic E-state index is -0.270. The van der Waals surface area contributed by atoms with Crippen LogP contribution in [-0.2, 0) is 6.42 Å². The highest BCUT2D eigenvalue weighted by Crippen LogP contribution is 2.37. The molecule has 0 aromatic heterocycles. The summed E-state index contributed by atoms with van der Waals surface area (Å²) in [6.07, 6.45) is 0.772. The third-order valence-corrected chi connectivity index (χ3v) is 4.10. The molecule has 0 spiro atoms. The number of nitrogens with one attached hydrogen (secondary N) is 1. The Bertz CT molecular complexity index is 634. The van der Waals surface area contributed by atoms with Crippen LogP contribution in [0.5, 0.6) is 0 Å². The van der Waals surface area contributed by atoms with E-state index >= 15 is 0 Å². The summed E-state index contributed by atoms with van der Waals surface area (Å²) in [5.41, 5.74) is 4.04. The first-order chi connectivity index (χ1) is 9.54. The standard InChI is InChI=1S/C17H17ClFN/c1-10(2)11-3-5-12(6-4-11)16-8-13-7-14(18)9-15(19)17(13)20-16/h3-7,9-10,16,20H,8H2,1-2H3. The molecule has 1 unspecified atom stereocenters. The molecule has 0 bridgehead atoms. The number of anilines is 1. The molecule has 1 N–H and O–H groups in total. The second-order valence-corrected chi connectivity index (χ2v) is 6.08. The van der Waals surface area contributed by atoms with Gasteiger partial charge in [-0.2, -0.15) is 0 Å². The molecular formula is C17H17ClFN. The molecule has 104 valence electrons. The molecule has 0 fully saturated rings. The van der Waals surface area contributed by atoms with Crippen LogP contribution < -0.4 is 5.32 Å². The van der Waals surface area contributed by atoms with E-state index in [1.807, 2.05) is 6.07 Å². The molecule has 1 aliphatic rings. The van der Waals surface area contributed by atoms with E-state index in [4.69, 9.17) is 11.6 Å². The predicted octanol–water partition coefficient (Wildman–Crippen LogP) is 5.31. The Morgan fingerprint density at radius 3 is 2.55 bits per heavy atom. The van der Waals surface area contributed by atoms with Crippen molar-refractivity contribution in [1.29, 1.82) is 0 Å². The summed E-state index contributed by atoms with van der Waals surface area (Å²) in [7, 11) is 0. The first-order valence-corrected chi connectivity index (χ1v) is 7.26. The van der Waals surface area contributed by atoms with Crippen molar-refractivity contribution in [3.8, 4) is 0 Å². The highest BCUT2D eigenvalue weighted by molar-refractivity contribution is 6.30. The van der Waals surface area contributed by atoms with Crippen LogP contribution in [0.2, 0.25) is 5.02 Å². The summed E-state index contributed by atoms with van der Waals surface area (Å²) >= 11 is 5.91. The maximum Gasteiger partial charge on any atom is 0.148 e. The van der Waals surface area contributed by atoms with Crippen LogP contribution in [0.4, 0.5) is 10.1 Å². The highest BCUT2D eigenvalue weighted by Gasteiger charge is 2.25. The van der Waals surface area contributed by atoms with Gasteiger partial charge in [-0.25, -0.2) is 4.39 Å². The summed E-state index contributed by atoms with van der Waals surface area (Å²) in [5.74, 6) is 0.253. The van der Waals surface area contributed by atoms with E-state index in [9.17, 15) is 4.39 Å². The molecule has 2 aromatic carbocycles. The van der Waals surface area contributed by atoms with Crippen molar-refractivity contribution >= 4 is 17.3 Å². The van der Waals surface area contributed by atoms with Gasteiger partial charge in [0.2, 0.25) is 0 Å². The van der Waals surface area contributed by atoms with E-state index in [1.54, 1.807) is 0 Å². The van der Waals surface area contributed by atoms with E-state index in [1.165, 1.54) is 17.2 Å². The van der Waals surface area contributed by atoms with Gasteiger partial charge < -0.3 is 5.32 Å². The molecule has 1 atom stereocenters. The van der Waals surface area contributed by atoms with Crippen LogP contribution in [0.1, 0.15) is 42.5 Å². The Labute approximate surface area is 123 Å². The van der Waals surface area contributed by atoms with Gasteiger partial charge in [0.25, 0.3) is 0 Å². The van der Waals surface area contributed by atoms with Crippen LogP contribution in [-0.4, -0.2) is 0 Å². The lowest BCUT2D eigenvalue weighted by atomic mass is 9.98. The smallest absolute Gasteiger partial charge is 0.148 e. The second-order valence-electron chi connectivity index (χ2n) is 5.64. The number of hydrogen-bond acceptors (Lipinski definition) is 1.